The third-order valence-electron chi connectivity index (χ3n) is 4.28. The number of benzene rings is 1. The molecular formula is C18H25N3OS. The maximum absolute atomic E-state index is 5.56. The topological polar surface area (TPSA) is 37.4 Å². The second-order valence-corrected chi connectivity index (χ2v) is 7.15. The van der Waals surface area contributed by atoms with Gasteiger partial charge in [0.05, 0.1) is 23.9 Å². The molecule has 4 nitrogen and oxygen atoms in total. The van der Waals surface area contributed by atoms with Crippen LogP contribution in [-0.4, -0.2) is 36.6 Å². The van der Waals surface area contributed by atoms with Crippen molar-refractivity contribution in [2.45, 2.75) is 32.4 Å². The number of para-hydroxylation sites is 1. The standard InChI is InChI=1S/C18H25N3OS/c1-13(2)18-20-14(12-23-18)11-21-9-8-19-10-16(21)15-6-4-5-7-17(15)22-3/h4-7,12-13,16,19H,8-11H2,1-3H3. The van der Waals surface area contributed by atoms with E-state index >= 15 is 0 Å². The summed E-state index contributed by atoms with van der Waals surface area (Å²) in [5.74, 6) is 1.47. The third-order valence-corrected chi connectivity index (χ3v) is 5.47. The van der Waals surface area contributed by atoms with E-state index in [0.29, 0.717) is 12.0 Å². The van der Waals surface area contributed by atoms with Crippen LogP contribution in [0.25, 0.3) is 0 Å². The highest BCUT2D eigenvalue weighted by molar-refractivity contribution is 7.09. The highest BCUT2D eigenvalue weighted by Gasteiger charge is 2.26. The number of rotatable bonds is 5. The normalized spacial score (nSPS) is 19.2. The quantitative estimate of drug-likeness (QED) is 0.911. The fraction of sp³-hybridized carbons (Fsp3) is 0.500. The molecule has 1 N–H and O–H groups in total. The van der Waals surface area contributed by atoms with Gasteiger partial charge in [0.15, 0.2) is 0 Å². The van der Waals surface area contributed by atoms with E-state index in [2.05, 4.69) is 41.6 Å². The summed E-state index contributed by atoms with van der Waals surface area (Å²) in [6.45, 7) is 8.29. The van der Waals surface area contributed by atoms with Gasteiger partial charge in [0.1, 0.15) is 5.75 Å². The van der Waals surface area contributed by atoms with Crippen molar-refractivity contribution in [3.05, 3.63) is 45.9 Å². The van der Waals surface area contributed by atoms with Crippen molar-refractivity contribution < 1.29 is 4.74 Å². The van der Waals surface area contributed by atoms with Crippen LogP contribution in [0.5, 0.6) is 5.75 Å². The van der Waals surface area contributed by atoms with Crippen LogP contribution in [0.2, 0.25) is 0 Å². The number of hydrogen-bond acceptors (Lipinski definition) is 5. The number of nitrogens with one attached hydrogen (secondary N) is 1. The summed E-state index contributed by atoms with van der Waals surface area (Å²) < 4.78 is 5.56. The molecule has 1 aliphatic heterocycles. The molecule has 0 radical (unpaired) electrons. The summed E-state index contributed by atoms with van der Waals surface area (Å²) in [7, 11) is 1.74. The average molecular weight is 331 g/mol. The lowest BCUT2D eigenvalue weighted by Gasteiger charge is -2.36. The first-order chi connectivity index (χ1) is 11.2. The molecule has 1 aliphatic rings. The molecule has 0 amide bonds. The molecule has 0 spiro atoms. The molecule has 23 heavy (non-hydrogen) atoms. The first-order valence-electron chi connectivity index (χ1n) is 8.21. The Balaban J connectivity index is 1.81. The maximum atomic E-state index is 5.56. The van der Waals surface area contributed by atoms with Gasteiger partial charge in [-0.1, -0.05) is 32.0 Å². The van der Waals surface area contributed by atoms with Gasteiger partial charge in [-0.05, 0) is 6.07 Å². The number of aromatic nitrogens is 1. The highest BCUT2D eigenvalue weighted by atomic mass is 32.1. The van der Waals surface area contributed by atoms with Gasteiger partial charge in [0.25, 0.3) is 0 Å². The van der Waals surface area contributed by atoms with E-state index in [0.717, 1.165) is 31.9 Å². The number of ether oxygens (including phenoxy) is 1. The zero-order chi connectivity index (χ0) is 16.2. The van der Waals surface area contributed by atoms with E-state index in [4.69, 9.17) is 9.72 Å². The number of methoxy groups -OCH3 is 1. The lowest BCUT2D eigenvalue weighted by atomic mass is 10.0. The zero-order valence-corrected chi connectivity index (χ0v) is 14.9. The summed E-state index contributed by atoms with van der Waals surface area (Å²) in [5, 5.41) is 6.94. The molecule has 0 saturated carbocycles. The van der Waals surface area contributed by atoms with Crippen molar-refractivity contribution in [2.24, 2.45) is 0 Å². The summed E-state index contributed by atoms with van der Waals surface area (Å²) in [4.78, 5) is 7.31. The van der Waals surface area contributed by atoms with Gasteiger partial charge in [-0.3, -0.25) is 4.90 Å². The predicted octanol–water partition coefficient (Wildman–Crippen LogP) is 3.42. The molecule has 0 bridgehead atoms. The highest BCUT2D eigenvalue weighted by Crippen LogP contribution is 2.31. The monoisotopic (exact) mass is 331 g/mol. The summed E-state index contributed by atoms with van der Waals surface area (Å²) >= 11 is 1.77. The molecule has 124 valence electrons. The molecule has 2 heterocycles. The Morgan fingerprint density at radius 2 is 2.22 bits per heavy atom. The minimum atomic E-state index is 0.323. The predicted molar refractivity (Wildman–Crippen MR) is 95.2 cm³/mol. The third kappa shape index (κ3) is 3.74. The van der Waals surface area contributed by atoms with Crippen molar-refractivity contribution in [2.75, 3.05) is 26.7 Å². The SMILES string of the molecule is COc1ccccc1C1CNCCN1Cc1csc(C(C)C)n1. The first kappa shape index (κ1) is 16.4. The molecular weight excluding hydrogens is 306 g/mol. The van der Waals surface area contributed by atoms with Crippen molar-refractivity contribution in [3.63, 3.8) is 0 Å². The van der Waals surface area contributed by atoms with Crippen LogP contribution in [0.4, 0.5) is 0 Å². The van der Waals surface area contributed by atoms with Gasteiger partial charge in [-0.15, -0.1) is 11.3 Å². The number of piperazine rings is 1. The minimum absolute atomic E-state index is 0.323. The number of nitrogens with zero attached hydrogens (tertiary/aromatic N) is 2. The summed E-state index contributed by atoms with van der Waals surface area (Å²) in [6.07, 6.45) is 0. The van der Waals surface area contributed by atoms with Crippen molar-refractivity contribution in [1.29, 1.82) is 0 Å². The minimum Gasteiger partial charge on any atom is -0.496 e. The van der Waals surface area contributed by atoms with E-state index in [9.17, 15) is 0 Å². The van der Waals surface area contributed by atoms with Crippen LogP contribution in [0.1, 0.15) is 42.1 Å². The molecule has 1 saturated heterocycles. The molecule has 1 fully saturated rings. The van der Waals surface area contributed by atoms with Crippen LogP contribution >= 0.6 is 11.3 Å². The van der Waals surface area contributed by atoms with Crippen LogP contribution in [-0.2, 0) is 6.54 Å². The average Bonchev–Trinajstić information content (AvgIpc) is 3.04. The Morgan fingerprint density at radius 3 is 2.96 bits per heavy atom. The lowest BCUT2D eigenvalue weighted by molar-refractivity contribution is 0.149. The Hall–Kier alpha value is -1.43. The van der Waals surface area contributed by atoms with E-state index in [-0.39, 0.29) is 0 Å². The van der Waals surface area contributed by atoms with E-state index in [1.807, 2.05) is 12.1 Å². The van der Waals surface area contributed by atoms with Crippen molar-refractivity contribution in [1.82, 2.24) is 15.2 Å². The second-order valence-electron chi connectivity index (χ2n) is 6.26. The van der Waals surface area contributed by atoms with E-state index < -0.39 is 0 Å². The molecule has 0 aliphatic carbocycles. The molecule has 1 aromatic heterocycles. The fourth-order valence-electron chi connectivity index (χ4n) is 3.05. The van der Waals surface area contributed by atoms with Crippen molar-refractivity contribution >= 4 is 11.3 Å². The Morgan fingerprint density at radius 1 is 1.39 bits per heavy atom. The fourth-order valence-corrected chi connectivity index (χ4v) is 3.88. The summed E-state index contributed by atoms with van der Waals surface area (Å²) in [5.41, 5.74) is 2.43. The first-order valence-corrected chi connectivity index (χ1v) is 9.09. The van der Waals surface area contributed by atoms with Gasteiger partial charge < -0.3 is 10.1 Å². The molecule has 3 rings (SSSR count). The van der Waals surface area contributed by atoms with Crippen LogP contribution in [0.15, 0.2) is 29.6 Å². The van der Waals surface area contributed by atoms with Gasteiger partial charge in [0, 0.05) is 43.0 Å². The van der Waals surface area contributed by atoms with Gasteiger partial charge >= 0.3 is 0 Å². The molecule has 2 aromatic rings. The smallest absolute Gasteiger partial charge is 0.123 e. The molecule has 1 unspecified atom stereocenters. The maximum Gasteiger partial charge on any atom is 0.123 e. The van der Waals surface area contributed by atoms with E-state index in [1.165, 1.54) is 16.3 Å². The van der Waals surface area contributed by atoms with Gasteiger partial charge in [0.2, 0.25) is 0 Å². The van der Waals surface area contributed by atoms with Gasteiger partial charge in [-0.25, -0.2) is 4.98 Å². The Kier molecular flexibility index (Phi) is 5.30. The number of thiazole rings is 1. The Labute approximate surface area is 142 Å². The molecule has 5 heteroatoms. The second kappa shape index (κ2) is 7.43. The van der Waals surface area contributed by atoms with Crippen LogP contribution in [0, 0.1) is 0 Å². The molecule has 1 atom stereocenters. The summed E-state index contributed by atoms with van der Waals surface area (Å²) in [6, 6.07) is 8.65. The van der Waals surface area contributed by atoms with Crippen LogP contribution in [0.3, 0.4) is 0 Å². The number of hydrogen-bond donors (Lipinski definition) is 1. The van der Waals surface area contributed by atoms with Gasteiger partial charge in [-0.2, -0.15) is 0 Å². The molecule has 1 aromatic carbocycles. The Bertz CT molecular complexity index is 641. The van der Waals surface area contributed by atoms with Crippen LogP contribution < -0.4 is 10.1 Å². The largest absolute Gasteiger partial charge is 0.496 e. The van der Waals surface area contributed by atoms with E-state index in [1.54, 1.807) is 18.4 Å². The lowest BCUT2D eigenvalue weighted by Crippen LogP contribution is -2.45. The van der Waals surface area contributed by atoms with Crippen molar-refractivity contribution in [3.8, 4) is 5.75 Å². The zero-order valence-electron chi connectivity index (χ0n) is 14.1.